The smallest absolute Gasteiger partial charge is 0.268 e. The third kappa shape index (κ3) is 4.33. The first-order valence-electron chi connectivity index (χ1n) is 13.9. The number of carbonyl (C=O) groups is 1. The van der Waals surface area contributed by atoms with Gasteiger partial charge >= 0.3 is 0 Å². The largest absolute Gasteiger partial charge is 0.367 e. The van der Waals surface area contributed by atoms with Crippen molar-refractivity contribution in [3.63, 3.8) is 0 Å². The summed E-state index contributed by atoms with van der Waals surface area (Å²) in [6.07, 6.45) is 10.7. The minimum atomic E-state index is -0.0931. The Morgan fingerprint density at radius 3 is 2.57 bits per heavy atom. The maximum atomic E-state index is 12.7. The van der Waals surface area contributed by atoms with Gasteiger partial charge in [-0.15, -0.1) is 0 Å². The Balaban J connectivity index is 1.23. The molecule has 2 atom stereocenters. The minimum absolute atomic E-state index is 0.0277. The zero-order chi connectivity index (χ0) is 25.6. The molecule has 6 rings (SSSR count). The van der Waals surface area contributed by atoms with Crippen molar-refractivity contribution in [1.29, 1.82) is 0 Å². The molecule has 0 radical (unpaired) electrons. The molecule has 1 aliphatic carbocycles. The fourth-order valence-electron chi connectivity index (χ4n) is 6.75. The molecule has 3 aromatic heterocycles. The van der Waals surface area contributed by atoms with Gasteiger partial charge in [0.1, 0.15) is 17.2 Å². The third-order valence-electron chi connectivity index (χ3n) is 8.55. The summed E-state index contributed by atoms with van der Waals surface area (Å²) in [7, 11) is 0. The van der Waals surface area contributed by atoms with E-state index in [0.29, 0.717) is 36.1 Å². The summed E-state index contributed by atoms with van der Waals surface area (Å²) < 4.78 is 2.20. The summed E-state index contributed by atoms with van der Waals surface area (Å²) in [6.45, 7) is 10.7. The van der Waals surface area contributed by atoms with Gasteiger partial charge in [-0.3, -0.25) is 9.69 Å². The second-order valence-corrected chi connectivity index (χ2v) is 11.2. The zero-order valence-corrected chi connectivity index (χ0v) is 22.2. The Hall–Kier alpha value is -3.20. The molecule has 2 N–H and O–H groups in total. The zero-order valence-electron chi connectivity index (χ0n) is 22.2. The van der Waals surface area contributed by atoms with E-state index in [1.807, 2.05) is 24.5 Å². The Morgan fingerprint density at radius 2 is 1.86 bits per heavy atom. The summed E-state index contributed by atoms with van der Waals surface area (Å²) in [5.74, 6) is 1.19. The lowest BCUT2D eigenvalue weighted by Crippen LogP contribution is -2.56. The molecule has 9 nitrogen and oxygen atoms in total. The molecular weight excluding hydrogens is 464 g/mol. The molecule has 3 aromatic rings. The molecule has 1 amide bonds. The van der Waals surface area contributed by atoms with Crippen LogP contribution in [0, 0.1) is 0 Å². The first-order valence-corrected chi connectivity index (χ1v) is 13.9. The molecule has 3 aliphatic rings. The summed E-state index contributed by atoms with van der Waals surface area (Å²) >= 11 is 0. The maximum Gasteiger partial charge on any atom is 0.268 e. The van der Waals surface area contributed by atoms with Crippen LogP contribution in [0.3, 0.4) is 0 Å². The van der Waals surface area contributed by atoms with Gasteiger partial charge in [-0.05, 0) is 57.9 Å². The number of nitrogens with one attached hydrogen (secondary N) is 2. The van der Waals surface area contributed by atoms with Crippen LogP contribution >= 0.6 is 0 Å². The summed E-state index contributed by atoms with van der Waals surface area (Å²) in [5, 5.41) is 7.31. The summed E-state index contributed by atoms with van der Waals surface area (Å²) in [5.41, 5.74) is 2.57. The molecule has 1 saturated heterocycles. The third-order valence-corrected chi connectivity index (χ3v) is 8.55. The number of amides is 1. The highest BCUT2D eigenvalue weighted by molar-refractivity contribution is 5.99. The number of hydrogen-bond donors (Lipinski definition) is 2. The van der Waals surface area contributed by atoms with Gasteiger partial charge in [-0.25, -0.2) is 9.97 Å². The number of rotatable bonds is 5. The molecule has 9 heteroatoms. The van der Waals surface area contributed by atoms with Gasteiger partial charge in [0.15, 0.2) is 0 Å². The fraction of sp³-hybridized carbons (Fsp3) is 0.571. The minimum Gasteiger partial charge on any atom is -0.367 e. The Morgan fingerprint density at radius 1 is 1.08 bits per heavy atom. The van der Waals surface area contributed by atoms with Gasteiger partial charge in [0.25, 0.3) is 5.91 Å². The van der Waals surface area contributed by atoms with Gasteiger partial charge in [0.2, 0.25) is 5.95 Å². The van der Waals surface area contributed by atoms with Gasteiger partial charge < -0.3 is 20.1 Å². The second kappa shape index (κ2) is 9.59. The molecule has 1 spiro atoms. The quantitative estimate of drug-likeness (QED) is 0.538. The lowest BCUT2D eigenvalue weighted by molar-refractivity contribution is 0.0833. The van der Waals surface area contributed by atoms with Crippen LogP contribution in [0.25, 0.3) is 11.0 Å². The number of pyridine rings is 1. The Labute approximate surface area is 218 Å². The lowest BCUT2D eigenvalue weighted by atomic mass is 9.80. The van der Waals surface area contributed by atoms with Crippen molar-refractivity contribution in [2.45, 2.75) is 76.9 Å². The second-order valence-electron chi connectivity index (χ2n) is 11.2. The van der Waals surface area contributed by atoms with E-state index in [1.54, 1.807) is 0 Å². The van der Waals surface area contributed by atoms with E-state index in [-0.39, 0.29) is 11.4 Å². The van der Waals surface area contributed by atoms with Crippen LogP contribution in [0.4, 0.5) is 17.5 Å². The van der Waals surface area contributed by atoms with Crippen LogP contribution in [-0.4, -0.2) is 68.6 Å². The monoisotopic (exact) mass is 502 g/mol. The van der Waals surface area contributed by atoms with Crippen molar-refractivity contribution in [3.05, 3.63) is 36.3 Å². The number of piperazine rings is 1. The lowest BCUT2D eigenvalue weighted by Gasteiger charge is -2.45. The maximum absolute atomic E-state index is 12.7. The van der Waals surface area contributed by atoms with Crippen LogP contribution in [0.5, 0.6) is 0 Å². The molecule has 5 heterocycles. The van der Waals surface area contributed by atoms with E-state index in [4.69, 9.17) is 4.98 Å². The summed E-state index contributed by atoms with van der Waals surface area (Å²) in [6, 6.07) is 7.09. The molecule has 37 heavy (non-hydrogen) atoms. The van der Waals surface area contributed by atoms with E-state index < -0.39 is 0 Å². The van der Waals surface area contributed by atoms with Crippen molar-refractivity contribution in [1.82, 2.24) is 29.7 Å². The number of anilines is 3. The summed E-state index contributed by atoms with van der Waals surface area (Å²) in [4.78, 5) is 31.9. The highest BCUT2D eigenvalue weighted by atomic mass is 16.2. The average Bonchev–Trinajstić information content (AvgIpc) is 3.30. The molecule has 2 fully saturated rings. The topological polar surface area (TPSA) is 91.2 Å². The average molecular weight is 503 g/mol. The van der Waals surface area contributed by atoms with Crippen LogP contribution in [0.2, 0.25) is 0 Å². The Kier molecular flexibility index (Phi) is 6.26. The van der Waals surface area contributed by atoms with E-state index in [9.17, 15) is 4.79 Å². The standard InChI is InChI=1S/C28H38N8O/c1-4-12-35-19(2)16-34(17-20(35)3)22-8-9-24(29-15-22)32-27-30-14-21-13-23-26(37)31-18-28(10-6-5-7-11-28)36(23)25(21)33-27/h8-9,13-15,19-20H,4-7,10-12,16-18H2,1-3H3,(H,31,37)(H,29,30,32,33)/t19-,20+. The number of fused-ring (bicyclic) bond motifs is 4. The van der Waals surface area contributed by atoms with Crippen molar-refractivity contribution in [2.24, 2.45) is 0 Å². The highest BCUT2D eigenvalue weighted by Gasteiger charge is 2.41. The number of carbonyl (C=O) groups excluding carboxylic acids is 1. The predicted octanol–water partition coefficient (Wildman–Crippen LogP) is 4.28. The molecule has 0 bridgehead atoms. The van der Waals surface area contributed by atoms with Crippen LogP contribution < -0.4 is 15.5 Å². The van der Waals surface area contributed by atoms with Gasteiger partial charge in [0, 0.05) is 43.3 Å². The van der Waals surface area contributed by atoms with E-state index >= 15 is 0 Å². The predicted molar refractivity (Wildman–Crippen MR) is 147 cm³/mol. The molecule has 196 valence electrons. The number of aromatic nitrogens is 4. The van der Waals surface area contributed by atoms with Gasteiger partial charge in [-0.2, -0.15) is 4.98 Å². The van der Waals surface area contributed by atoms with Crippen molar-refractivity contribution in [3.8, 4) is 0 Å². The first kappa shape index (κ1) is 24.2. The SMILES string of the molecule is CCCN1[C@H](C)CN(c2ccc(Nc3ncc4cc5n(c4n3)C3(CCCCC3)CNC5=O)nc2)C[C@@H]1C. The van der Waals surface area contributed by atoms with Gasteiger partial charge in [-0.1, -0.05) is 26.2 Å². The Bertz CT molecular complexity index is 1270. The molecular formula is C28H38N8O. The van der Waals surface area contributed by atoms with E-state index in [1.165, 1.54) is 25.7 Å². The molecule has 2 aliphatic heterocycles. The van der Waals surface area contributed by atoms with Crippen LogP contribution in [0.1, 0.15) is 69.8 Å². The number of nitrogens with zero attached hydrogens (tertiary/aromatic N) is 6. The van der Waals surface area contributed by atoms with Crippen LogP contribution in [0.15, 0.2) is 30.6 Å². The van der Waals surface area contributed by atoms with Crippen LogP contribution in [-0.2, 0) is 5.54 Å². The molecule has 0 unspecified atom stereocenters. The molecule has 1 saturated carbocycles. The highest BCUT2D eigenvalue weighted by Crippen LogP contribution is 2.40. The normalized spacial score (nSPS) is 23.8. The van der Waals surface area contributed by atoms with E-state index in [2.05, 4.69) is 61.8 Å². The van der Waals surface area contributed by atoms with Crippen molar-refractivity contribution < 1.29 is 4.79 Å². The van der Waals surface area contributed by atoms with Crippen molar-refractivity contribution in [2.75, 3.05) is 36.4 Å². The van der Waals surface area contributed by atoms with Gasteiger partial charge in [0.05, 0.1) is 17.4 Å². The first-order chi connectivity index (χ1) is 18.0. The van der Waals surface area contributed by atoms with Crippen molar-refractivity contribution >= 4 is 34.4 Å². The number of hydrogen-bond acceptors (Lipinski definition) is 7. The fourth-order valence-corrected chi connectivity index (χ4v) is 6.75. The molecule has 0 aromatic carbocycles. The van der Waals surface area contributed by atoms with E-state index in [0.717, 1.165) is 49.2 Å².